The predicted octanol–water partition coefficient (Wildman–Crippen LogP) is 4.70. The number of epoxide rings is 1. The fraction of sp³-hybridized carbons (Fsp3) is 0.486. The van der Waals surface area contributed by atoms with E-state index < -0.39 is 47.4 Å². The summed E-state index contributed by atoms with van der Waals surface area (Å²) in [5.41, 5.74) is 6.75. The van der Waals surface area contributed by atoms with Gasteiger partial charge in [0.15, 0.2) is 6.10 Å². The third kappa shape index (κ3) is 9.33. The van der Waals surface area contributed by atoms with Gasteiger partial charge in [-0.05, 0) is 55.5 Å². The van der Waals surface area contributed by atoms with Gasteiger partial charge in [-0.2, -0.15) is 0 Å². The molecular weight excluding hydrogens is 610 g/mol. The highest BCUT2D eigenvalue weighted by atomic mass is 35.5. The molecule has 46 heavy (non-hydrogen) atoms. The minimum atomic E-state index is -1.20. The van der Waals surface area contributed by atoms with E-state index in [-0.39, 0.29) is 49.9 Å². The summed E-state index contributed by atoms with van der Waals surface area (Å²) in [5, 5.41) is 5.85. The number of hydrogen-bond acceptors (Lipinski definition) is 8. The van der Waals surface area contributed by atoms with Gasteiger partial charge in [0.2, 0.25) is 11.8 Å². The van der Waals surface area contributed by atoms with Crippen molar-refractivity contribution in [3.05, 3.63) is 76.8 Å². The molecule has 1 saturated heterocycles. The molecule has 248 valence electrons. The van der Waals surface area contributed by atoms with Gasteiger partial charge < -0.3 is 30.6 Å². The topological polar surface area (TPSA) is 149 Å². The van der Waals surface area contributed by atoms with Crippen LogP contribution >= 0.6 is 11.6 Å². The summed E-state index contributed by atoms with van der Waals surface area (Å²) in [6.07, 6.45) is 1.33. The van der Waals surface area contributed by atoms with Gasteiger partial charge in [-0.15, -0.1) is 0 Å². The van der Waals surface area contributed by atoms with Crippen LogP contribution in [0.15, 0.2) is 60.7 Å². The van der Waals surface area contributed by atoms with Crippen molar-refractivity contribution in [3.63, 3.8) is 0 Å². The van der Waals surface area contributed by atoms with Gasteiger partial charge in [-0.1, -0.05) is 74.8 Å². The van der Waals surface area contributed by atoms with Crippen LogP contribution in [0, 0.1) is 17.3 Å². The predicted molar refractivity (Wildman–Crippen MR) is 174 cm³/mol. The molecule has 2 aromatic carbocycles. The highest BCUT2D eigenvalue weighted by molar-refractivity contribution is 6.33. The molecule has 6 atom stereocenters. The first kappa shape index (κ1) is 35.0. The van der Waals surface area contributed by atoms with Crippen molar-refractivity contribution in [2.24, 2.45) is 17.3 Å². The van der Waals surface area contributed by atoms with Gasteiger partial charge >= 0.3 is 11.9 Å². The van der Waals surface area contributed by atoms with Crippen LogP contribution in [0.4, 0.5) is 5.69 Å². The van der Waals surface area contributed by atoms with Crippen LogP contribution in [0.25, 0.3) is 0 Å². The molecule has 11 heteroatoms. The van der Waals surface area contributed by atoms with Crippen LogP contribution < -0.4 is 16.4 Å². The van der Waals surface area contributed by atoms with E-state index in [1.165, 1.54) is 6.08 Å². The zero-order valence-electron chi connectivity index (χ0n) is 27.0. The number of nitrogens with one attached hydrogen (secondary N) is 2. The number of ether oxygens (including phenoxy) is 3. The standard InChI is InChI=1S/C35H44ClN3O7/c1-20(2)16-28-33(42)44-27(21(3)30-31(46-30)23-10-7-6-8-11-23)12-9-13-29(40)39-26(18-22-14-15-25(37)24(36)17-22)32(41)38-19-35(4,5)34(43)45-28/h6-11,13-15,17,20-21,26-28,30-31H,12,16,18-19,37H2,1-5H3,(H,38,41)(H,39,40)/b13-9+/t21-,26+,27-,28-,30+,31+/m0/s1. The number of rotatable bonds is 7. The third-order valence-electron chi connectivity index (χ3n) is 8.26. The fourth-order valence-corrected chi connectivity index (χ4v) is 5.53. The summed E-state index contributed by atoms with van der Waals surface area (Å²) in [6, 6.07) is 13.8. The summed E-state index contributed by atoms with van der Waals surface area (Å²) in [6.45, 7) is 8.91. The maximum atomic E-state index is 13.6. The summed E-state index contributed by atoms with van der Waals surface area (Å²) in [5.74, 6) is -2.55. The number of esters is 2. The second-order valence-corrected chi connectivity index (χ2v) is 13.6. The summed E-state index contributed by atoms with van der Waals surface area (Å²) in [4.78, 5) is 53.4. The van der Waals surface area contributed by atoms with Crippen LogP contribution in [0.5, 0.6) is 0 Å². The zero-order chi connectivity index (χ0) is 33.6. The van der Waals surface area contributed by atoms with Crippen LogP contribution in [-0.2, 0) is 39.8 Å². The van der Waals surface area contributed by atoms with Gasteiger partial charge in [0.1, 0.15) is 18.2 Å². The molecule has 1 fully saturated rings. The molecule has 0 aliphatic carbocycles. The molecule has 0 unspecified atom stereocenters. The Bertz CT molecular complexity index is 1440. The smallest absolute Gasteiger partial charge is 0.347 e. The molecule has 0 saturated carbocycles. The average molecular weight is 654 g/mol. The van der Waals surface area contributed by atoms with Crippen molar-refractivity contribution < 1.29 is 33.4 Å². The highest BCUT2D eigenvalue weighted by Gasteiger charge is 2.48. The molecule has 2 aromatic rings. The van der Waals surface area contributed by atoms with Crippen molar-refractivity contribution in [2.75, 3.05) is 12.3 Å². The molecule has 0 radical (unpaired) electrons. The number of carbonyl (C=O) groups excluding carboxylic acids is 4. The van der Waals surface area contributed by atoms with Crippen molar-refractivity contribution in [1.82, 2.24) is 10.6 Å². The van der Waals surface area contributed by atoms with E-state index in [9.17, 15) is 19.2 Å². The number of nitrogens with two attached hydrogens (primary N) is 1. The second-order valence-electron chi connectivity index (χ2n) is 13.2. The van der Waals surface area contributed by atoms with Crippen LogP contribution in [0.3, 0.4) is 0 Å². The number of benzene rings is 2. The SMILES string of the molecule is CC(C)C[C@@H]1OC(=O)C(C)(C)CNC(=O)[C@@H](Cc2ccc(N)c(Cl)c2)NC(=O)/C=C/C[C@@H]([C@H](C)[C@H]2O[C@@H]2c2ccccc2)OC1=O. The summed E-state index contributed by atoms with van der Waals surface area (Å²) >= 11 is 6.20. The lowest BCUT2D eigenvalue weighted by Gasteiger charge is -2.29. The minimum Gasteiger partial charge on any atom is -0.459 e. The molecule has 0 bridgehead atoms. The van der Waals surface area contributed by atoms with Crippen LogP contribution in [0.2, 0.25) is 5.02 Å². The van der Waals surface area contributed by atoms with Gasteiger partial charge in [-0.3, -0.25) is 14.4 Å². The first-order valence-corrected chi connectivity index (χ1v) is 16.0. The number of nitrogen functional groups attached to an aromatic ring is 1. The Morgan fingerprint density at radius 3 is 2.41 bits per heavy atom. The van der Waals surface area contributed by atoms with E-state index in [1.807, 2.05) is 51.1 Å². The molecular formula is C35H44ClN3O7. The molecule has 2 heterocycles. The Balaban J connectivity index is 1.61. The maximum Gasteiger partial charge on any atom is 0.347 e. The van der Waals surface area contributed by atoms with E-state index in [1.54, 1.807) is 38.1 Å². The summed E-state index contributed by atoms with van der Waals surface area (Å²) < 4.78 is 17.8. The highest BCUT2D eigenvalue weighted by Crippen LogP contribution is 2.45. The first-order valence-electron chi connectivity index (χ1n) is 15.7. The lowest BCUT2D eigenvalue weighted by atomic mass is 9.92. The molecule has 0 aromatic heterocycles. The van der Waals surface area contributed by atoms with Gasteiger partial charge in [0, 0.05) is 25.3 Å². The maximum absolute atomic E-state index is 13.6. The first-order chi connectivity index (χ1) is 21.7. The molecule has 10 nitrogen and oxygen atoms in total. The largest absolute Gasteiger partial charge is 0.459 e. The molecule has 0 spiro atoms. The van der Waals surface area contributed by atoms with Crippen LogP contribution in [0.1, 0.15) is 64.7 Å². The van der Waals surface area contributed by atoms with Crippen LogP contribution in [-0.4, -0.2) is 54.7 Å². The molecule has 2 aliphatic heterocycles. The van der Waals surface area contributed by atoms with Crippen molar-refractivity contribution in [1.29, 1.82) is 0 Å². The third-order valence-corrected chi connectivity index (χ3v) is 8.58. The number of halogens is 1. The summed E-state index contributed by atoms with van der Waals surface area (Å²) in [7, 11) is 0. The number of anilines is 1. The Kier molecular flexibility index (Phi) is 11.5. The Labute approximate surface area is 275 Å². The lowest BCUT2D eigenvalue weighted by molar-refractivity contribution is -0.179. The minimum absolute atomic E-state index is 0.0232. The second kappa shape index (κ2) is 15.1. The lowest BCUT2D eigenvalue weighted by Crippen LogP contribution is -2.51. The van der Waals surface area contributed by atoms with E-state index in [4.69, 9.17) is 31.5 Å². The Morgan fingerprint density at radius 2 is 1.74 bits per heavy atom. The zero-order valence-corrected chi connectivity index (χ0v) is 27.7. The molecule has 2 amide bonds. The van der Waals surface area contributed by atoms with Gasteiger partial charge in [-0.25, -0.2) is 4.79 Å². The van der Waals surface area contributed by atoms with E-state index in [2.05, 4.69) is 10.6 Å². The number of carbonyl (C=O) groups is 4. The average Bonchev–Trinajstić information content (AvgIpc) is 3.81. The Morgan fingerprint density at radius 1 is 1.02 bits per heavy atom. The van der Waals surface area contributed by atoms with Crippen molar-refractivity contribution >= 4 is 41.0 Å². The Hall–Kier alpha value is -3.89. The van der Waals surface area contributed by atoms with E-state index in [0.29, 0.717) is 16.3 Å². The van der Waals surface area contributed by atoms with Gasteiger partial charge in [0.05, 0.1) is 22.2 Å². The molecule has 2 aliphatic rings. The van der Waals surface area contributed by atoms with Gasteiger partial charge in [0.25, 0.3) is 0 Å². The van der Waals surface area contributed by atoms with Crippen molar-refractivity contribution in [3.8, 4) is 0 Å². The quantitative estimate of drug-likeness (QED) is 0.221. The molecule has 4 N–H and O–H groups in total. The fourth-order valence-electron chi connectivity index (χ4n) is 5.33. The van der Waals surface area contributed by atoms with E-state index in [0.717, 1.165) is 5.56 Å². The van der Waals surface area contributed by atoms with E-state index >= 15 is 0 Å². The number of amides is 2. The monoisotopic (exact) mass is 653 g/mol. The number of hydrogen-bond donors (Lipinski definition) is 3. The number of cyclic esters (lactones) is 2. The molecule has 4 rings (SSSR count). The van der Waals surface area contributed by atoms with Crippen molar-refractivity contribution in [2.45, 2.75) is 84.3 Å². The normalized spacial score (nSPS) is 27.2.